The summed E-state index contributed by atoms with van der Waals surface area (Å²) in [6.45, 7) is 1.11. The Morgan fingerprint density at radius 1 is 1.53 bits per heavy atom. The van der Waals surface area contributed by atoms with Crippen LogP contribution in [0.3, 0.4) is 0 Å². The molecule has 5 heteroatoms. The average Bonchev–Trinajstić information content (AvgIpc) is 2.97. The Hall–Kier alpha value is -0.650. The Morgan fingerprint density at radius 3 is 3.06 bits per heavy atom. The Balaban J connectivity index is 2.05. The molecule has 0 aromatic carbocycles. The van der Waals surface area contributed by atoms with Crippen molar-refractivity contribution in [2.45, 2.75) is 18.9 Å². The van der Waals surface area contributed by atoms with E-state index in [1.54, 1.807) is 11.3 Å². The highest BCUT2D eigenvalue weighted by atomic mass is 79.9. The van der Waals surface area contributed by atoms with Crippen molar-refractivity contribution in [3.05, 3.63) is 27.8 Å². The van der Waals surface area contributed by atoms with Crippen LogP contribution in [-0.2, 0) is 7.05 Å². The topological polar surface area (TPSA) is 29.9 Å². The molecule has 3 nitrogen and oxygen atoms in total. The van der Waals surface area contributed by atoms with Gasteiger partial charge in [0.1, 0.15) is 0 Å². The van der Waals surface area contributed by atoms with Gasteiger partial charge in [-0.3, -0.25) is 4.68 Å². The van der Waals surface area contributed by atoms with Crippen molar-refractivity contribution in [2.75, 3.05) is 6.54 Å². The largest absolute Gasteiger partial charge is 0.309 e. The molecule has 1 aliphatic rings. The molecule has 1 N–H and O–H groups in total. The highest BCUT2D eigenvalue weighted by molar-refractivity contribution is 9.11. The minimum absolute atomic E-state index is 0.457. The molecule has 90 valence electrons. The molecule has 2 aromatic heterocycles. The summed E-state index contributed by atoms with van der Waals surface area (Å²) in [4.78, 5) is 1.29. The number of nitrogens with zero attached hydrogens (tertiary/aromatic N) is 2. The highest BCUT2D eigenvalue weighted by Gasteiger charge is 2.23. The third-order valence-electron chi connectivity index (χ3n) is 3.21. The second-order valence-electron chi connectivity index (χ2n) is 4.32. The number of aromatic nitrogens is 2. The zero-order valence-electron chi connectivity index (χ0n) is 9.61. The van der Waals surface area contributed by atoms with Gasteiger partial charge in [0.05, 0.1) is 15.7 Å². The number of nitrogens with one attached hydrogen (secondary N) is 1. The summed E-state index contributed by atoms with van der Waals surface area (Å²) in [7, 11) is 2.03. The smallest absolute Gasteiger partial charge is 0.0705 e. The summed E-state index contributed by atoms with van der Waals surface area (Å²) in [5.74, 6) is 0. The van der Waals surface area contributed by atoms with Crippen LogP contribution in [0.2, 0.25) is 0 Å². The minimum Gasteiger partial charge on any atom is -0.309 e. The van der Waals surface area contributed by atoms with Crippen LogP contribution < -0.4 is 5.32 Å². The first kappa shape index (κ1) is 11.4. The maximum absolute atomic E-state index is 4.41. The second-order valence-corrected chi connectivity index (χ2v) is 6.78. The van der Waals surface area contributed by atoms with Crippen molar-refractivity contribution >= 4 is 27.3 Å². The molecule has 0 radical (unpaired) electrons. The molecular formula is C12H14BrN3S. The van der Waals surface area contributed by atoms with Crippen LogP contribution in [0.25, 0.3) is 10.4 Å². The molecule has 0 spiro atoms. The molecule has 1 aliphatic heterocycles. The van der Waals surface area contributed by atoms with E-state index < -0.39 is 0 Å². The van der Waals surface area contributed by atoms with Crippen LogP contribution in [0, 0.1) is 0 Å². The van der Waals surface area contributed by atoms with Crippen LogP contribution in [0.4, 0.5) is 0 Å². The summed E-state index contributed by atoms with van der Waals surface area (Å²) in [5.41, 5.74) is 2.58. The summed E-state index contributed by atoms with van der Waals surface area (Å²) in [6, 6.07) is 4.71. The van der Waals surface area contributed by atoms with Crippen molar-refractivity contribution in [2.24, 2.45) is 7.05 Å². The van der Waals surface area contributed by atoms with E-state index in [0.717, 1.165) is 6.54 Å². The first-order chi connectivity index (χ1) is 8.25. The molecule has 2 aromatic rings. The molecule has 1 saturated heterocycles. The monoisotopic (exact) mass is 311 g/mol. The molecule has 17 heavy (non-hydrogen) atoms. The van der Waals surface area contributed by atoms with Gasteiger partial charge in [0.25, 0.3) is 0 Å². The Labute approximate surface area is 113 Å². The summed E-state index contributed by atoms with van der Waals surface area (Å²) in [6.07, 6.45) is 4.44. The lowest BCUT2D eigenvalue weighted by Crippen LogP contribution is -2.16. The van der Waals surface area contributed by atoms with E-state index in [-0.39, 0.29) is 0 Å². The van der Waals surface area contributed by atoms with Crippen molar-refractivity contribution < 1.29 is 0 Å². The zero-order valence-corrected chi connectivity index (χ0v) is 12.0. The van der Waals surface area contributed by atoms with E-state index in [1.165, 1.54) is 32.8 Å². The fourth-order valence-electron chi connectivity index (χ4n) is 2.43. The van der Waals surface area contributed by atoms with Crippen LogP contribution in [0.15, 0.2) is 22.1 Å². The van der Waals surface area contributed by atoms with Gasteiger partial charge in [0.15, 0.2) is 0 Å². The Morgan fingerprint density at radius 2 is 2.41 bits per heavy atom. The van der Waals surface area contributed by atoms with Gasteiger partial charge < -0.3 is 5.32 Å². The number of halogens is 1. The fourth-order valence-corrected chi connectivity index (χ4v) is 3.83. The van der Waals surface area contributed by atoms with Crippen molar-refractivity contribution in [3.63, 3.8) is 0 Å². The maximum Gasteiger partial charge on any atom is 0.0705 e. The number of aryl methyl sites for hydroxylation is 1. The van der Waals surface area contributed by atoms with E-state index in [1.807, 2.05) is 17.9 Å². The van der Waals surface area contributed by atoms with E-state index in [9.17, 15) is 0 Å². The summed E-state index contributed by atoms with van der Waals surface area (Å²) in [5, 5.41) is 7.96. The van der Waals surface area contributed by atoms with Gasteiger partial charge in [-0.05, 0) is 47.4 Å². The van der Waals surface area contributed by atoms with E-state index >= 15 is 0 Å². The first-order valence-corrected chi connectivity index (χ1v) is 7.37. The van der Waals surface area contributed by atoms with Crippen LogP contribution in [-0.4, -0.2) is 16.3 Å². The maximum atomic E-state index is 4.41. The Kier molecular flexibility index (Phi) is 3.06. The molecule has 3 rings (SSSR count). The lowest BCUT2D eigenvalue weighted by molar-refractivity contribution is 0.575. The van der Waals surface area contributed by atoms with E-state index in [2.05, 4.69) is 38.5 Å². The predicted octanol–water partition coefficient (Wildman–Crippen LogP) is 3.34. The van der Waals surface area contributed by atoms with Gasteiger partial charge in [-0.25, -0.2) is 0 Å². The lowest BCUT2D eigenvalue weighted by Gasteiger charge is -2.12. The van der Waals surface area contributed by atoms with Crippen LogP contribution >= 0.6 is 27.3 Å². The van der Waals surface area contributed by atoms with Gasteiger partial charge in [-0.1, -0.05) is 0 Å². The summed E-state index contributed by atoms with van der Waals surface area (Å²) < 4.78 is 3.17. The number of hydrogen-bond donors (Lipinski definition) is 1. The first-order valence-electron chi connectivity index (χ1n) is 5.76. The van der Waals surface area contributed by atoms with Crippen LogP contribution in [0.1, 0.15) is 24.6 Å². The molecule has 1 unspecified atom stereocenters. The molecule has 1 atom stereocenters. The highest BCUT2D eigenvalue weighted by Crippen LogP contribution is 2.37. The summed E-state index contributed by atoms with van der Waals surface area (Å²) >= 11 is 5.28. The molecule has 0 amide bonds. The second kappa shape index (κ2) is 4.55. The fraction of sp³-hybridized carbons (Fsp3) is 0.417. The van der Waals surface area contributed by atoms with Crippen molar-refractivity contribution in [3.8, 4) is 10.4 Å². The van der Waals surface area contributed by atoms with E-state index in [4.69, 9.17) is 0 Å². The number of rotatable bonds is 2. The Bertz CT molecular complexity index is 526. The third-order valence-corrected chi connectivity index (χ3v) is 4.87. The minimum atomic E-state index is 0.457. The average molecular weight is 312 g/mol. The van der Waals surface area contributed by atoms with Crippen LogP contribution in [0.5, 0.6) is 0 Å². The van der Waals surface area contributed by atoms with E-state index in [0.29, 0.717) is 6.04 Å². The lowest BCUT2D eigenvalue weighted by atomic mass is 10.1. The molecule has 1 fully saturated rings. The van der Waals surface area contributed by atoms with Gasteiger partial charge in [0, 0.05) is 23.5 Å². The number of hydrogen-bond acceptors (Lipinski definition) is 3. The number of thiophene rings is 1. The standard InChI is InChI=1S/C12H14BrN3S/c1-16-12(9-3-2-6-14-9)8(7-15-16)10-4-5-11(13)17-10/h4-5,7,9,14H,2-3,6H2,1H3. The predicted molar refractivity (Wildman–Crippen MR) is 74.2 cm³/mol. The molecule has 0 saturated carbocycles. The molecule has 0 bridgehead atoms. The van der Waals surface area contributed by atoms with Gasteiger partial charge in [0.2, 0.25) is 0 Å². The molecule has 3 heterocycles. The third kappa shape index (κ3) is 2.07. The molecule has 0 aliphatic carbocycles. The molecular weight excluding hydrogens is 298 g/mol. The van der Waals surface area contributed by atoms with Gasteiger partial charge in [-0.15, -0.1) is 11.3 Å². The zero-order chi connectivity index (χ0) is 11.8. The van der Waals surface area contributed by atoms with Crippen molar-refractivity contribution in [1.82, 2.24) is 15.1 Å². The normalized spacial score (nSPS) is 20.0. The quantitative estimate of drug-likeness (QED) is 0.922. The SMILES string of the molecule is Cn1ncc(-c2ccc(Br)s2)c1C1CCCN1. The van der Waals surface area contributed by atoms with Crippen molar-refractivity contribution in [1.29, 1.82) is 0 Å². The van der Waals surface area contributed by atoms with Gasteiger partial charge >= 0.3 is 0 Å². The van der Waals surface area contributed by atoms with Gasteiger partial charge in [-0.2, -0.15) is 5.10 Å².